The molecule has 2 amide bonds. The molecular formula is C24H27ClN2O4. The van der Waals surface area contributed by atoms with Gasteiger partial charge in [0.05, 0.1) is 0 Å². The molecule has 7 heteroatoms. The normalized spacial score (nSPS) is 19.4. The SMILES string of the molecule is CC(=O)NC1CCN(C(=O)[C@@H](OC(C)=O)c2ccccc2)C(Cc2ccc(Cl)cc2)C1. The number of hydrogen-bond acceptors (Lipinski definition) is 4. The van der Waals surface area contributed by atoms with E-state index in [1.54, 1.807) is 17.0 Å². The van der Waals surface area contributed by atoms with Crippen LogP contribution < -0.4 is 5.32 Å². The summed E-state index contributed by atoms with van der Waals surface area (Å²) in [7, 11) is 0. The topological polar surface area (TPSA) is 75.7 Å². The molecule has 0 radical (unpaired) electrons. The molecule has 0 aliphatic carbocycles. The zero-order valence-corrected chi connectivity index (χ0v) is 18.5. The predicted molar refractivity (Wildman–Crippen MR) is 118 cm³/mol. The van der Waals surface area contributed by atoms with Crippen LogP contribution in [-0.2, 0) is 25.5 Å². The summed E-state index contributed by atoms with van der Waals surface area (Å²) in [5, 5.41) is 3.62. The lowest BCUT2D eigenvalue weighted by Crippen LogP contribution is -2.53. The first-order valence-corrected chi connectivity index (χ1v) is 10.8. The highest BCUT2D eigenvalue weighted by atomic mass is 35.5. The van der Waals surface area contributed by atoms with Gasteiger partial charge in [0.2, 0.25) is 12.0 Å². The van der Waals surface area contributed by atoms with Crippen LogP contribution in [0.2, 0.25) is 5.02 Å². The number of benzene rings is 2. The lowest BCUT2D eigenvalue weighted by atomic mass is 9.91. The Hall–Kier alpha value is -2.86. The highest BCUT2D eigenvalue weighted by Crippen LogP contribution is 2.28. The molecule has 6 nitrogen and oxygen atoms in total. The molecule has 0 saturated carbocycles. The second-order valence-electron chi connectivity index (χ2n) is 7.84. The number of nitrogens with one attached hydrogen (secondary N) is 1. The van der Waals surface area contributed by atoms with Gasteiger partial charge in [-0.2, -0.15) is 0 Å². The molecule has 1 heterocycles. The number of ether oxygens (including phenoxy) is 1. The summed E-state index contributed by atoms with van der Waals surface area (Å²) in [6, 6.07) is 16.4. The molecule has 1 aliphatic rings. The van der Waals surface area contributed by atoms with Crippen molar-refractivity contribution in [2.24, 2.45) is 0 Å². The van der Waals surface area contributed by atoms with Crippen molar-refractivity contribution in [2.75, 3.05) is 6.54 Å². The minimum atomic E-state index is -0.997. The molecule has 164 valence electrons. The van der Waals surface area contributed by atoms with E-state index in [0.717, 1.165) is 5.56 Å². The number of hydrogen-bond donors (Lipinski definition) is 1. The number of likely N-dealkylation sites (tertiary alicyclic amines) is 1. The van der Waals surface area contributed by atoms with Crippen molar-refractivity contribution < 1.29 is 19.1 Å². The average Bonchev–Trinajstić information content (AvgIpc) is 2.73. The van der Waals surface area contributed by atoms with E-state index < -0.39 is 12.1 Å². The van der Waals surface area contributed by atoms with Gasteiger partial charge in [-0.15, -0.1) is 0 Å². The summed E-state index contributed by atoms with van der Waals surface area (Å²) in [6.07, 6.45) is 0.879. The van der Waals surface area contributed by atoms with Crippen LogP contribution in [0.25, 0.3) is 0 Å². The van der Waals surface area contributed by atoms with Gasteiger partial charge in [-0.1, -0.05) is 54.1 Å². The molecule has 0 bridgehead atoms. The zero-order valence-electron chi connectivity index (χ0n) is 17.7. The van der Waals surface area contributed by atoms with Crippen LogP contribution in [0.4, 0.5) is 0 Å². The predicted octanol–water partition coefficient (Wildman–Crippen LogP) is 3.68. The van der Waals surface area contributed by atoms with Crippen LogP contribution in [0.3, 0.4) is 0 Å². The molecule has 0 spiro atoms. The Morgan fingerprint density at radius 1 is 1.10 bits per heavy atom. The van der Waals surface area contributed by atoms with Crippen LogP contribution >= 0.6 is 11.6 Å². The van der Waals surface area contributed by atoms with E-state index in [2.05, 4.69) is 5.32 Å². The summed E-state index contributed by atoms with van der Waals surface area (Å²) in [5.41, 5.74) is 1.68. The molecule has 2 unspecified atom stereocenters. The zero-order chi connectivity index (χ0) is 22.4. The Morgan fingerprint density at radius 2 is 1.77 bits per heavy atom. The third-order valence-electron chi connectivity index (χ3n) is 5.40. The van der Waals surface area contributed by atoms with Crippen LogP contribution in [0, 0.1) is 0 Å². The summed E-state index contributed by atoms with van der Waals surface area (Å²) < 4.78 is 5.44. The van der Waals surface area contributed by atoms with Crippen LogP contribution in [-0.4, -0.2) is 41.3 Å². The molecule has 1 saturated heterocycles. The smallest absolute Gasteiger partial charge is 0.303 e. The van der Waals surface area contributed by atoms with Crippen LogP contribution in [0.1, 0.15) is 43.9 Å². The third-order valence-corrected chi connectivity index (χ3v) is 5.65. The molecule has 1 aliphatic heterocycles. The van der Waals surface area contributed by atoms with Crippen molar-refractivity contribution in [3.8, 4) is 0 Å². The molecule has 1 N–H and O–H groups in total. The van der Waals surface area contributed by atoms with Crippen molar-refractivity contribution in [3.05, 3.63) is 70.7 Å². The van der Waals surface area contributed by atoms with Crippen LogP contribution in [0.15, 0.2) is 54.6 Å². The number of carbonyl (C=O) groups is 3. The first kappa shape index (κ1) is 22.8. The fourth-order valence-electron chi connectivity index (χ4n) is 4.05. The van der Waals surface area contributed by atoms with E-state index in [0.29, 0.717) is 36.4 Å². The molecule has 0 aromatic heterocycles. The Labute approximate surface area is 187 Å². The van der Waals surface area contributed by atoms with Crippen molar-refractivity contribution in [1.29, 1.82) is 0 Å². The maximum atomic E-state index is 13.6. The molecule has 3 atom stereocenters. The van der Waals surface area contributed by atoms with Gasteiger partial charge in [0.1, 0.15) is 0 Å². The van der Waals surface area contributed by atoms with E-state index in [-0.39, 0.29) is 23.9 Å². The van der Waals surface area contributed by atoms with Crippen LogP contribution in [0.5, 0.6) is 0 Å². The van der Waals surface area contributed by atoms with Crippen molar-refractivity contribution in [1.82, 2.24) is 10.2 Å². The minimum Gasteiger partial charge on any atom is -0.447 e. The number of halogens is 1. The quantitative estimate of drug-likeness (QED) is 0.692. The van der Waals surface area contributed by atoms with Crippen molar-refractivity contribution >= 4 is 29.4 Å². The number of carbonyl (C=O) groups excluding carboxylic acids is 3. The Bertz CT molecular complexity index is 917. The second kappa shape index (κ2) is 10.4. The molecule has 1 fully saturated rings. The van der Waals surface area contributed by atoms with Crippen molar-refractivity contribution in [3.63, 3.8) is 0 Å². The number of esters is 1. The molecule has 2 aromatic rings. The van der Waals surface area contributed by atoms with Gasteiger partial charge in [0, 0.05) is 43.1 Å². The number of amides is 2. The Morgan fingerprint density at radius 3 is 2.39 bits per heavy atom. The first-order chi connectivity index (χ1) is 14.8. The van der Waals surface area contributed by atoms with Gasteiger partial charge in [0.15, 0.2) is 0 Å². The van der Waals surface area contributed by atoms with Gasteiger partial charge in [-0.05, 0) is 37.0 Å². The standard InChI is InChI=1S/C24H27ClN2O4/c1-16(28)26-21-12-13-27(22(15-21)14-18-8-10-20(25)11-9-18)24(30)23(31-17(2)29)19-6-4-3-5-7-19/h3-11,21-23H,12-15H2,1-2H3,(H,26,28)/t21?,22?,23-/m0/s1. The Balaban J connectivity index is 1.86. The fraction of sp³-hybridized carbons (Fsp3) is 0.375. The number of nitrogens with zero attached hydrogens (tertiary/aromatic N) is 1. The van der Waals surface area contributed by atoms with Gasteiger partial charge in [0.25, 0.3) is 5.91 Å². The molecule has 3 rings (SSSR count). The maximum Gasteiger partial charge on any atom is 0.303 e. The van der Waals surface area contributed by atoms with Gasteiger partial charge in [-0.25, -0.2) is 0 Å². The summed E-state index contributed by atoms with van der Waals surface area (Å²) >= 11 is 6.01. The molecule has 2 aromatic carbocycles. The minimum absolute atomic E-state index is 0.0113. The van der Waals surface area contributed by atoms with Gasteiger partial charge < -0.3 is 15.0 Å². The summed E-state index contributed by atoms with van der Waals surface area (Å²) in [5.74, 6) is -0.844. The lowest BCUT2D eigenvalue weighted by molar-refractivity contribution is -0.161. The summed E-state index contributed by atoms with van der Waals surface area (Å²) in [4.78, 5) is 38.7. The number of rotatable bonds is 6. The van der Waals surface area contributed by atoms with E-state index in [1.165, 1.54) is 13.8 Å². The average molecular weight is 443 g/mol. The summed E-state index contributed by atoms with van der Waals surface area (Å²) in [6.45, 7) is 3.27. The molecular weight excluding hydrogens is 416 g/mol. The third kappa shape index (κ3) is 6.31. The van der Waals surface area contributed by atoms with Gasteiger partial charge >= 0.3 is 5.97 Å². The highest BCUT2D eigenvalue weighted by molar-refractivity contribution is 6.30. The van der Waals surface area contributed by atoms with Crippen molar-refractivity contribution in [2.45, 2.75) is 51.3 Å². The van der Waals surface area contributed by atoms with Gasteiger partial charge in [-0.3, -0.25) is 14.4 Å². The Kier molecular flexibility index (Phi) is 7.69. The monoisotopic (exact) mass is 442 g/mol. The highest BCUT2D eigenvalue weighted by Gasteiger charge is 2.37. The first-order valence-electron chi connectivity index (χ1n) is 10.4. The maximum absolute atomic E-state index is 13.6. The second-order valence-corrected chi connectivity index (χ2v) is 8.27. The van der Waals surface area contributed by atoms with E-state index in [1.807, 2.05) is 42.5 Å². The van der Waals surface area contributed by atoms with E-state index in [4.69, 9.17) is 16.3 Å². The lowest BCUT2D eigenvalue weighted by Gasteiger charge is -2.41. The van der Waals surface area contributed by atoms with E-state index in [9.17, 15) is 14.4 Å². The molecule has 31 heavy (non-hydrogen) atoms. The van der Waals surface area contributed by atoms with E-state index >= 15 is 0 Å². The fourth-order valence-corrected chi connectivity index (χ4v) is 4.18. The number of piperidine rings is 1. The largest absolute Gasteiger partial charge is 0.447 e.